The molecule has 4 aromatic rings. The topological polar surface area (TPSA) is 103 Å². The molecule has 8 nitrogen and oxygen atoms in total. The van der Waals surface area contributed by atoms with Crippen LogP contribution in [0.4, 0.5) is 0 Å². The first-order valence-corrected chi connectivity index (χ1v) is 6.80. The third-order valence-corrected chi connectivity index (χ3v) is 1.91. The van der Waals surface area contributed by atoms with Gasteiger partial charge in [-0.1, -0.05) is 0 Å². The maximum atomic E-state index is 3.72. The summed E-state index contributed by atoms with van der Waals surface area (Å²) in [6.07, 6.45) is 26.2. The van der Waals surface area contributed by atoms with Crippen molar-refractivity contribution in [2.45, 2.75) is 0 Å². The Bertz CT molecular complexity index is 452. The molecule has 4 heterocycles. The largest absolute Gasteiger partial charge is 0.262 e. The molecule has 4 aromatic heterocycles. The van der Waals surface area contributed by atoms with Crippen LogP contribution in [0.3, 0.4) is 0 Å². The third kappa shape index (κ3) is 27.3. The van der Waals surface area contributed by atoms with Crippen molar-refractivity contribution in [1.82, 2.24) is 39.9 Å². The first-order valence-electron chi connectivity index (χ1n) is 6.80. The van der Waals surface area contributed by atoms with Crippen LogP contribution >= 0.6 is 0 Å². The molecule has 0 fully saturated rings. The van der Waals surface area contributed by atoms with E-state index in [-0.39, 0.29) is 84.3 Å². The SMILES string of the molecule is [Pt].[Pt].[Pt].[Pt].c1cnccn1.c1cnccn1.c1cnccn1.c1cnccn1. The van der Waals surface area contributed by atoms with E-state index in [9.17, 15) is 0 Å². The summed E-state index contributed by atoms with van der Waals surface area (Å²) in [5.74, 6) is 0. The van der Waals surface area contributed by atoms with Crippen molar-refractivity contribution in [2.75, 3.05) is 0 Å². The van der Waals surface area contributed by atoms with Crippen LogP contribution in [-0.4, -0.2) is 39.9 Å². The fraction of sp³-hybridized carbons (Fsp3) is 0. The van der Waals surface area contributed by atoms with Gasteiger partial charge in [0.15, 0.2) is 0 Å². The van der Waals surface area contributed by atoms with Crippen molar-refractivity contribution < 1.29 is 84.3 Å². The molecule has 0 aliphatic carbocycles. The fourth-order valence-corrected chi connectivity index (χ4v) is 1.01. The average Bonchev–Trinajstić information content (AvgIpc) is 2.75. The molecule has 0 saturated carbocycles. The predicted octanol–water partition coefficient (Wildman–Crippen LogP) is 1.90. The normalized spacial score (nSPS) is 6.86. The van der Waals surface area contributed by atoms with Crippen LogP contribution in [-0.2, 0) is 84.3 Å². The molecule has 28 heavy (non-hydrogen) atoms. The molecule has 12 heteroatoms. The van der Waals surface area contributed by atoms with Crippen molar-refractivity contribution in [2.24, 2.45) is 0 Å². The zero-order valence-electron chi connectivity index (χ0n) is 14.1. The molecule has 0 aliphatic rings. The summed E-state index contributed by atoms with van der Waals surface area (Å²) in [5, 5.41) is 0. The number of hydrogen-bond donors (Lipinski definition) is 0. The summed E-state index contributed by atoms with van der Waals surface area (Å²) in [5.41, 5.74) is 0. The summed E-state index contributed by atoms with van der Waals surface area (Å²) in [6, 6.07) is 0. The predicted molar refractivity (Wildman–Crippen MR) is 88.1 cm³/mol. The van der Waals surface area contributed by atoms with Crippen LogP contribution < -0.4 is 0 Å². The minimum atomic E-state index is 0. The van der Waals surface area contributed by atoms with E-state index < -0.39 is 0 Å². The van der Waals surface area contributed by atoms with E-state index in [4.69, 9.17) is 0 Å². The first kappa shape index (κ1) is 34.6. The van der Waals surface area contributed by atoms with Crippen LogP contribution in [0.25, 0.3) is 0 Å². The van der Waals surface area contributed by atoms with Crippen LogP contribution in [0.15, 0.2) is 99.1 Å². The Morgan fingerprint density at radius 2 is 0.250 bits per heavy atom. The zero-order valence-corrected chi connectivity index (χ0v) is 23.2. The maximum absolute atomic E-state index is 3.72. The van der Waals surface area contributed by atoms with Gasteiger partial charge in [0.05, 0.1) is 0 Å². The summed E-state index contributed by atoms with van der Waals surface area (Å²) in [7, 11) is 0. The first-order chi connectivity index (χ1) is 12.0. The number of hydrogen-bond acceptors (Lipinski definition) is 8. The minimum absolute atomic E-state index is 0. The third-order valence-electron chi connectivity index (χ3n) is 1.91. The molecule has 0 saturated heterocycles. The average molecular weight is 1100 g/mol. The molecule has 160 valence electrons. The Labute approximate surface area is 221 Å². The molecule has 4 rings (SSSR count). The van der Waals surface area contributed by atoms with Gasteiger partial charge in [0.2, 0.25) is 0 Å². The van der Waals surface area contributed by atoms with Crippen LogP contribution in [0, 0.1) is 0 Å². The van der Waals surface area contributed by atoms with Gasteiger partial charge in [0.25, 0.3) is 0 Å². The molecular weight excluding hydrogens is 1080 g/mol. The zero-order chi connectivity index (χ0) is 17.0. The number of rotatable bonds is 0. The number of aromatic nitrogens is 8. The van der Waals surface area contributed by atoms with Crippen molar-refractivity contribution in [3.05, 3.63) is 99.1 Å². The molecule has 0 aromatic carbocycles. The molecule has 0 N–H and O–H groups in total. The van der Waals surface area contributed by atoms with Gasteiger partial charge in [-0.05, 0) is 0 Å². The van der Waals surface area contributed by atoms with Crippen LogP contribution in [0.1, 0.15) is 0 Å². The molecule has 0 amide bonds. The Hall–Kier alpha value is -0.927. The summed E-state index contributed by atoms with van der Waals surface area (Å²) in [4.78, 5) is 29.8. The smallest absolute Gasteiger partial charge is 0.0451 e. The van der Waals surface area contributed by atoms with Crippen molar-refractivity contribution in [3.8, 4) is 0 Å². The van der Waals surface area contributed by atoms with Gasteiger partial charge in [0, 0.05) is 183 Å². The Kier molecular flexibility index (Phi) is 38.0. The van der Waals surface area contributed by atoms with E-state index in [0.717, 1.165) is 0 Å². The van der Waals surface area contributed by atoms with Gasteiger partial charge in [-0.15, -0.1) is 0 Å². The quantitative estimate of drug-likeness (QED) is 0.264. The minimum Gasteiger partial charge on any atom is -0.262 e. The Balaban J connectivity index is -0.000000131. The molecule has 0 spiro atoms. The van der Waals surface area contributed by atoms with E-state index in [1.807, 2.05) is 0 Å². The molecule has 0 aliphatic heterocycles. The number of nitrogens with zero attached hydrogens (tertiary/aromatic N) is 8. The van der Waals surface area contributed by atoms with Gasteiger partial charge in [0.1, 0.15) is 0 Å². The molecule has 0 unspecified atom stereocenters. The van der Waals surface area contributed by atoms with Crippen molar-refractivity contribution >= 4 is 0 Å². The Morgan fingerprint density at radius 3 is 0.286 bits per heavy atom. The second-order valence-electron chi connectivity index (χ2n) is 3.58. The monoisotopic (exact) mass is 1100 g/mol. The van der Waals surface area contributed by atoms with Crippen molar-refractivity contribution in [1.29, 1.82) is 0 Å². The van der Waals surface area contributed by atoms with Gasteiger partial charge in [-0.3, -0.25) is 39.9 Å². The second-order valence-corrected chi connectivity index (χ2v) is 3.58. The summed E-state index contributed by atoms with van der Waals surface area (Å²) >= 11 is 0. The maximum Gasteiger partial charge on any atom is 0.0451 e. The second kappa shape index (κ2) is 30.8. The molecule has 0 bridgehead atoms. The standard InChI is InChI=1S/4C4H4N2.4Pt/c4*1-2-6-4-3-5-1;;;;/h4*1-4H;;;;. The molecule has 0 radical (unpaired) electrons. The summed E-state index contributed by atoms with van der Waals surface area (Å²) < 4.78 is 0. The van der Waals surface area contributed by atoms with E-state index in [1.165, 1.54) is 0 Å². The van der Waals surface area contributed by atoms with Gasteiger partial charge in [-0.2, -0.15) is 0 Å². The molecule has 0 atom stereocenters. The van der Waals surface area contributed by atoms with Crippen molar-refractivity contribution in [3.63, 3.8) is 0 Å². The van der Waals surface area contributed by atoms with E-state index in [0.29, 0.717) is 0 Å². The summed E-state index contributed by atoms with van der Waals surface area (Å²) in [6.45, 7) is 0. The molecular formula is C16H16N8Pt4. The Morgan fingerprint density at radius 1 is 0.179 bits per heavy atom. The van der Waals surface area contributed by atoms with E-state index in [1.54, 1.807) is 99.1 Å². The van der Waals surface area contributed by atoms with Gasteiger partial charge >= 0.3 is 0 Å². The van der Waals surface area contributed by atoms with E-state index in [2.05, 4.69) is 39.9 Å². The van der Waals surface area contributed by atoms with Crippen LogP contribution in [0.2, 0.25) is 0 Å². The van der Waals surface area contributed by atoms with E-state index >= 15 is 0 Å². The van der Waals surface area contributed by atoms with Gasteiger partial charge < -0.3 is 0 Å². The van der Waals surface area contributed by atoms with Gasteiger partial charge in [-0.25, -0.2) is 0 Å². The van der Waals surface area contributed by atoms with Crippen LogP contribution in [0.5, 0.6) is 0 Å². The fourth-order valence-electron chi connectivity index (χ4n) is 1.01.